The van der Waals surface area contributed by atoms with Gasteiger partial charge in [-0.05, 0) is 30.2 Å². The van der Waals surface area contributed by atoms with Crippen LogP contribution >= 0.6 is 0 Å². The average Bonchev–Trinajstić information content (AvgIpc) is 2.78. The number of pyridine rings is 1. The number of nitrogens with two attached hydrogens (primary N) is 1. The van der Waals surface area contributed by atoms with Crippen molar-refractivity contribution in [3.8, 4) is 0 Å². The van der Waals surface area contributed by atoms with Gasteiger partial charge in [-0.25, -0.2) is 13.8 Å². The summed E-state index contributed by atoms with van der Waals surface area (Å²) < 4.78 is 28.7. The van der Waals surface area contributed by atoms with Gasteiger partial charge in [0.15, 0.2) is 11.6 Å². The van der Waals surface area contributed by atoms with Gasteiger partial charge < -0.3 is 10.3 Å². The van der Waals surface area contributed by atoms with Crippen molar-refractivity contribution in [2.75, 3.05) is 5.73 Å². The molecule has 2 N–H and O–H groups in total. The van der Waals surface area contributed by atoms with Crippen LogP contribution in [0.1, 0.15) is 5.56 Å². The fourth-order valence-corrected chi connectivity index (χ4v) is 2.19. The van der Waals surface area contributed by atoms with Gasteiger partial charge >= 0.3 is 0 Å². The lowest BCUT2D eigenvalue weighted by Crippen LogP contribution is -2.07. The first-order chi connectivity index (χ1) is 9.66. The zero-order chi connectivity index (χ0) is 14.1. The van der Waals surface area contributed by atoms with Gasteiger partial charge in [0.2, 0.25) is 5.95 Å². The summed E-state index contributed by atoms with van der Waals surface area (Å²) in [5.41, 5.74) is 7.23. The first-order valence-electron chi connectivity index (χ1n) is 6.15. The van der Waals surface area contributed by atoms with Gasteiger partial charge in [-0.15, -0.1) is 0 Å². The minimum absolute atomic E-state index is 0.103. The predicted molar refractivity (Wildman–Crippen MR) is 72.0 cm³/mol. The van der Waals surface area contributed by atoms with Crippen molar-refractivity contribution < 1.29 is 8.78 Å². The summed E-state index contributed by atoms with van der Waals surface area (Å²) in [6.07, 6.45) is 4.02. The number of aryl methyl sites for hydroxylation is 2. The number of halogens is 2. The summed E-state index contributed by atoms with van der Waals surface area (Å²) in [6.45, 7) is 0.411. The van der Waals surface area contributed by atoms with Crippen LogP contribution < -0.4 is 5.73 Å². The van der Waals surface area contributed by atoms with E-state index >= 15 is 0 Å². The van der Waals surface area contributed by atoms with Crippen molar-refractivity contribution in [2.45, 2.75) is 13.0 Å². The lowest BCUT2D eigenvalue weighted by atomic mass is 10.2. The number of fused-ring (bicyclic) bond motifs is 1. The molecule has 0 unspecified atom stereocenters. The van der Waals surface area contributed by atoms with E-state index in [1.165, 1.54) is 10.6 Å². The number of nitrogens with zero attached hydrogens (tertiary/aromatic N) is 3. The molecule has 6 heteroatoms. The molecule has 0 aliphatic rings. The number of rotatable bonds is 3. The number of aromatic nitrogens is 3. The molecule has 0 fully saturated rings. The van der Waals surface area contributed by atoms with E-state index in [-0.39, 0.29) is 11.5 Å². The Balaban J connectivity index is 1.99. The maximum atomic E-state index is 13.9. The van der Waals surface area contributed by atoms with Crippen molar-refractivity contribution >= 4 is 17.0 Å². The van der Waals surface area contributed by atoms with Crippen LogP contribution in [0, 0.1) is 11.6 Å². The summed E-state index contributed by atoms with van der Waals surface area (Å²) >= 11 is 0. The van der Waals surface area contributed by atoms with Crippen LogP contribution in [0.5, 0.6) is 0 Å². The van der Waals surface area contributed by atoms with E-state index in [9.17, 15) is 8.78 Å². The van der Waals surface area contributed by atoms with E-state index in [4.69, 9.17) is 5.73 Å². The molecule has 0 aliphatic carbocycles. The van der Waals surface area contributed by atoms with Gasteiger partial charge in [0, 0.05) is 18.9 Å². The number of hydrogen-bond acceptors (Lipinski definition) is 3. The molecule has 0 saturated heterocycles. The second-order valence-electron chi connectivity index (χ2n) is 4.46. The quantitative estimate of drug-likeness (QED) is 0.798. The molecule has 0 spiro atoms. The van der Waals surface area contributed by atoms with Crippen molar-refractivity contribution in [1.29, 1.82) is 0 Å². The van der Waals surface area contributed by atoms with Crippen molar-refractivity contribution in [3.63, 3.8) is 0 Å². The van der Waals surface area contributed by atoms with Crippen LogP contribution in [-0.2, 0) is 13.0 Å². The SMILES string of the molecule is Nc1nc2ccc(F)c(F)c2n1CCc1cccnc1. The zero-order valence-electron chi connectivity index (χ0n) is 10.6. The van der Waals surface area contributed by atoms with Crippen LogP contribution in [0.15, 0.2) is 36.7 Å². The molecule has 2 aromatic heterocycles. The molecule has 20 heavy (non-hydrogen) atoms. The Morgan fingerprint density at radius 2 is 2.05 bits per heavy atom. The van der Waals surface area contributed by atoms with E-state index in [1.807, 2.05) is 12.1 Å². The Kier molecular flexibility index (Phi) is 3.06. The van der Waals surface area contributed by atoms with Crippen LogP contribution in [0.4, 0.5) is 14.7 Å². The van der Waals surface area contributed by atoms with Gasteiger partial charge in [0.1, 0.15) is 5.52 Å². The molecule has 0 radical (unpaired) electrons. The summed E-state index contributed by atoms with van der Waals surface area (Å²) in [7, 11) is 0. The van der Waals surface area contributed by atoms with Gasteiger partial charge in [0.05, 0.1) is 5.52 Å². The Hall–Kier alpha value is -2.50. The summed E-state index contributed by atoms with van der Waals surface area (Å²) in [5, 5.41) is 0. The highest BCUT2D eigenvalue weighted by molar-refractivity contribution is 5.79. The zero-order valence-corrected chi connectivity index (χ0v) is 10.6. The summed E-state index contributed by atoms with van der Waals surface area (Å²) in [4.78, 5) is 8.06. The van der Waals surface area contributed by atoms with E-state index in [1.54, 1.807) is 12.4 Å². The topological polar surface area (TPSA) is 56.7 Å². The largest absolute Gasteiger partial charge is 0.369 e. The van der Waals surface area contributed by atoms with Crippen LogP contribution in [0.3, 0.4) is 0 Å². The standard InChI is InChI=1S/C14H12F2N4/c15-10-3-4-11-13(12(10)16)20(14(17)19-11)7-5-9-2-1-6-18-8-9/h1-4,6,8H,5,7H2,(H2,17,19). The van der Waals surface area contributed by atoms with Crippen molar-refractivity contribution in [3.05, 3.63) is 53.9 Å². The molecule has 0 bridgehead atoms. The minimum atomic E-state index is -0.919. The monoisotopic (exact) mass is 274 g/mol. The van der Waals surface area contributed by atoms with Gasteiger partial charge in [-0.2, -0.15) is 0 Å². The normalized spacial score (nSPS) is 11.1. The highest BCUT2D eigenvalue weighted by Crippen LogP contribution is 2.23. The number of nitrogen functional groups attached to an aromatic ring is 1. The molecule has 2 heterocycles. The van der Waals surface area contributed by atoms with Crippen molar-refractivity contribution in [2.24, 2.45) is 0 Å². The van der Waals surface area contributed by atoms with Crippen LogP contribution in [-0.4, -0.2) is 14.5 Å². The third-order valence-electron chi connectivity index (χ3n) is 3.18. The number of benzene rings is 1. The Morgan fingerprint density at radius 3 is 2.80 bits per heavy atom. The highest BCUT2D eigenvalue weighted by Gasteiger charge is 2.15. The molecule has 0 aliphatic heterocycles. The Bertz CT molecular complexity index is 753. The lowest BCUT2D eigenvalue weighted by molar-refractivity contribution is 0.511. The third-order valence-corrected chi connectivity index (χ3v) is 3.18. The van der Waals surface area contributed by atoms with Crippen LogP contribution in [0.25, 0.3) is 11.0 Å². The average molecular weight is 274 g/mol. The van der Waals surface area contributed by atoms with Gasteiger partial charge in [0.25, 0.3) is 0 Å². The second kappa shape index (κ2) is 4.88. The summed E-state index contributed by atoms with van der Waals surface area (Å²) in [5.74, 6) is -1.65. The first kappa shape index (κ1) is 12.5. The first-order valence-corrected chi connectivity index (χ1v) is 6.15. The van der Waals surface area contributed by atoms with E-state index in [0.717, 1.165) is 11.6 Å². The minimum Gasteiger partial charge on any atom is -0.369 e. The van der Waals surface area contributed by atoms with E-state index in [0.29, 0.717) is 18.5 Å². The fourth-order valence-electron chi connectivity index (χ4n) is 2.19. The predicted octanol–water partition coefficient (Wildman–Crippen LogP) is 2.53. The van der Waals surface area contributed by atoms with Gasteiger partial charge in [-0.1, -0.05) is 6.07 Å². The lowest BCUT2D eigenvalue weighted by Gasteiger charge is -2.07. The Labute approximate surface area is 113 Å². The molecule has 0 atom stereocenters. The summed E-state index contributed by atoms with van der Waals surface area (Å²) in [6, 6.07) is 6.21. The number of anilines is 1. The third kappa shape index (κ3) is 2.09. The maximum absolute atomic E-state index is 13.9. The molecule has 102 valence electrons. The molecular formula is C14H12F2N4. The maximum Gasteiger partial charge on any atom is 0.201 e. The highest BCUT2D eigenvalue weighted by atomic mass is 19.2. The van der Waals surface area contributed by atoms with Gasteiger partial charge in [-0.3, -0.25) is 4.98 Å². The smallest absolute Gasteiger partial charge is 0.201 e. The van der Waals surface area contributed by atoms with E-state index < -0.39 is 11.6 Å². The molecule has 4 nitrogen and oxygen atoms in total. The van der Waals surface area contributed by atoms with Crippen LogP contribution in [0.2, 0.25) is 0 Å². The number of hydrogen-bond donors (Lipinski definition) is 1. The Morgan fingerprint density at radius 1 is 1.20 bits per heavy atom. The molecule has 3 aromatic rings. The van der Waals surface area contributed by atoms with Crippen molar-refractivity contribution in [1.82, 2.24) is 14.5 Å². The van der Waals surface area contributed by atoms with E-state index in [2.05, 4.69) is 9.97 Å². The molecule has 0 amide bonds. The molecule has 0 saturated carbocycles. The fraction of sp³-hybridized carbons (Fsp3) is 0.143. The molecule has 3 rings (SSSR count). The second-order valence-corrected chi connectivity index (χ2v) is 4.46. The number of imidazole rings is 1. The molecular weight excluding hydrogens is 262 g/mol. The molecule has 1 aromatic carbocycles.